The van der Waals surface area contributed by atoms with Gasteiger partial charge in [-0.2, -0.15) is 0 Å². The van der Waals surface area contributed by atoms with Crippen molar-refractivity contribution in [3.05, 3.63) is 41.0 Å². The smallest absolute Gasteiger partial charge is 0.312 e. The number of nitrogens with zero attached hydrogens (tertiary/aromatic N) is 1. The van der Waals surface area contributed by atoms with Crippen LogP contribution in [0.25, 0.3) is 21.9 Å². The molecule has 96 valence electrons. The molecule has 0 aliphatic carbocycles. The molecular formula is C14H11ClN2O2. The van der Waals surface area contributed by atoms with Crippen LogP contribution in [0.4, 0.5) is 0 Å². The molecule has 19 heavy (non-hydrogen) atoms. The number of benzene rings is 1. The number of H-pyrrole nitrogens is 1. The van der Waals surface area contributed by atoms with Gasteiger partial charge in [-0.25, -0.2) is 4.98 Å². The van der Waals surface area contributed by atoms with Gasteiger partial charge in [0.2, 0.25) is 0 Å². The molecule has 3 aromatic rings. The highest BCUT2D eigenvalue weighted by Gasteiger charge is 2.16. The zero-order valence-electron chi connectivity index (χ0n) is 10.1. The van der Waals surface area contributed by atoms with Gasteiger partial charge >= 0.3 is 5.97 Å². The Labute approximate surface area is 114 Å². The number of aromatic nitrogens is 2. The molecular weight excluding hydrogens is 264 g/mol. The van der Waals surface area contributed by atoms with Crippen LogP contribution in [0.1, 0.15) is 18.5 Å². The van der Waals surface area contributed by atoms with Crippen molar-refractivity contribution < 1.29 is 9.90 Å². The molecule has 0 bridgehead atoms. The van der Waals surface area contributed by atoms with Gasteiger partial charge in [0.25, 0.3) is 0 Å². The summed E-state index contributed by atoms with van der Waals surface area (Å²) >= 11 is 5.99. The van der Waals surface area contributed by atoms with Gasteiger partial charge in [-0.05, 0) is 37.3 Å². The monoisotopic (exact) mass is 274 g/mol. The van der Waals surface area contributed by atoms with Crippen molar-refractivity contribution in [3.63, 3.8) is 0 Å². The topological polar surface area (TPSA) is 66.0 Å². The normalized spacial score (nSPS) is 12.9. The number of pyridine rings is 1. The lowest BCUT2D eigenvalue weighted by Crippen LogP contribution is -2.08. The molecule has 0 aliphatic heterocycles. The zero-order chi connectivity index (χ0) is 13.6. The lowest BCUT2D eigenvalue weighted by Gasteiger charge is -2.04. The zero-order valence-corrected chi connectivity index (χ0v) is 10.9. The third kappa shape index (κ3) is 1.94. The minimum atomic E-state index is -0.883. The highest BCUT2D eigenvalue weighted by atomic mass is 35.5. The van der Waals surface area contributed by atoms with Crippen LogP contribution in [-0.4, -0.2) is 21.0 Å². The largest absolute Gasteiger partial charge is 0.481 e. The van der Waals surface area contributed by atoms with Crippen LogP contribution in [0.15, 0.2) is 30.3 Å². The van der Waals surface area contributed by atoms with Crippen molar-refractivity contribution in [1.82, 2.24) is 9.97 Å². The predicted octanol–water partition coefficient (Wildman–Crippen LogP) is 3.56. The molecule has 5 heteroatoms. The van der Waals surface area contributed by atoms with Gasteiger partial charge in [0.05, 0.1) is 11.6 Å². The second-order valence-corrected chi connectivity index (χ2v) is 4.94. The van der Waals surface area contributed by atoms with Crippen LogP contribution < -0.4 is 0 Å². The maximum absolute atomic E-state index is 11.0. The van der Waals surface area contributed by atoms with Crippen molar-refractivity contribution in [2.45, 2.75) is 12.8 Å². The van der Waals surface area contributed by atoms with Gasteiger partial charge in [0.1, 0.15) is 5.65 Å². The SMILES string of the molecule is C[C@H](C(=O)O)c1ccc2c(n1)[nH]c1ccc(Cl)cc12. The fourth-order valence-corrected chi connectivity index (χ4v) is 2.30. The second kappa shape index (κ2) is 4.24. The van der Waals surface area contributed by atoms with E-state index in [1.165, 1.54) is 0 Å². The summed E-state index contributed by atoms with van der Waals surface area (Å²) in [4.78, 5) is 18.5. The van der Waals surface area contributed by atoms with Crippen molar-refractivity contribution in [3.8, 4) is 0 Å². The van der Waals surface area contributed by atoms with E-state index in [2.05, 4.69) is 9.97 Å². The molecule has 2 heterocycles. The number of aromatic amines is 1. The Kier molecular flexibility index (Phi) is 2.68. The van der Waals surface area contributed by atoms with E-state index in [1.807, 2.05) is 18.2 Å². The molecule has 4 nitrogen and oxygen atoms in total. The van der Waals surface area contributed by atoms with Gasteiger partial charge in [-0.1, -0.05) is 11.6 Å². The van der Waals surface area contributed by atoms with Gasteiger partial charge in [0.15, 0.2) is 0 Å². The quantitative estimate of drug-likeness (QED) is 0.751. The van der Waals surface area contributed by atoms with Crippen molar-refractivity contribution in [1.29, 1.82) is 0 Å². The first-order valence-corrected chi connectivity index (χ1v) is 6.25. The Morgan fingerprint density at radius 3 is 2.84 bits per heavy atom. The van der Waals surface area contributed by atoms with Crippen LogP contribution in [0.2, 0.25) is 5.02 Å². The van der Waals surface area contributed by atoms with Crippen LogP contribution in [-0.2, 0) is 4.79 Å². The number of carboxylic acid groups (broad SMARTS) is 1. The highest BCUT2D eigenvalue weighted by molar-refractivity contribution is 6.31. The Morgan fingerprint density at radius 2 is 2.11 bits per heavy atom. The summed E-state index contributed by atoms with van der Waals surface area (Å²) < 4.78 is 0. The van der Waals surface area contributed by atoms with E-state index in [1.54, 1.807) is 19.1 Å². The number of carboxylic acids is 1. The fraction of sp³-hybridized carbons (Fsp3) is 0.143. The number of aliphatic carboxylic acids is 1. The van der Waals surface area contributed by atoms with E-state index in [0.29, 0.717) is 16.4 Å². The molecule has 2 aromatic heterocycles. The number of hydrogen-bond acceptors (Lipinski definition) is 2. The summed E-state index contributed by atoms with van der Waals surface area (Å²) in [5.74, 6) is -1.51. The molecule has 1 aromatic carbocycles. The average Bonchev–Trinajstić information content (AvgIpc) is 2.74. The van der Waals surface area contributed by atoms with E-state index < -0.39 is 11.9 Å². The number of fused-ring (bicyclic) bond motifs is 3. The Balaban J connectivity index is 2.24. The lowest BCUT2D eigenvalue weighted by atomic mass is 10.1. The molecule has 2 N–H and O–H groups in total. The molecule has 0 fully saturated rings. The molecule has 0 saturated carbocycles. The summed E-state index contributed by atoms with van der Waals surface area (Å²) in [6, 6.07) is 9.19. The fourth-order valence-electron chi connectivity index (χ4n) is 2.13. The average molecular weight is 275 g/mol. The number of rotatable bonds is 2. The van der Waals surface area contributed by atoms with E-state index in [4.69, 9.17) is 16.7 Å². The maximum atomic E-state index is 11.0. The molecule has 0 unspecified atom stereocenters. The standard InChI is InChI=1S/C14H11ClN2O2/c1-7(14(18)19)11-5-3-9-10-6-8(15)2-4-12(10)17-13(9)16-11/h2-7H,1H3,(H,16,17)(H,18,19)/t7-/m0/s1. The summed E-state index contributed by atoms with van der Waals surface area (Å²) in [6.45, 7) is 1.62. The molecule has 0 spiro atoms. The first kappa shape index (κ1) is 12.0. The Bertz CT molecular complexity index is 795. The Hall–Kier alpha value is -2.07. The van der Waals surface area contributed by atoms with Crippen molar-refractivity contribution >= 4 is 39.5 Å². The summed E-state index contributed by atoms with van der Waals surface area (Å²) in [5.41, 5.74) is 2.16. The van der Waals surface area contributed by atoms with E-state index >= 15 is 0 Å². The molecule has 0 amide bonds. The van der Waals surface area contributed by atoms with E-state index in [9.17, 15) is 4.79 Å². The van der Waals surface area contributed by atoms with Crippen LogP contribution in [0, 0.1) is 0 Å². The molecule has 3 rings (SSSR count). The molecule has 0 aliphatic rings. The van der Waals surface area contributed by atoms with Gasteiger partial charge in [-0.15, -0.1) is 0 Å². The summed E-state index contributed by atoms with van der Waals surface area (Å²) in [5, 5.41) is 11.6. The third-order valence-electron chi connectivity index (χ3n) is 3.26. The van der Waals surface area contributed by atoms with Gasteiger partial charge in [0, 0.05) is 21.3 Å². The number of nitrogens with one attached hydrogen (secondary N) is 1. The third-order valence-corrected chi connectivity index (χ3v) is 3.49. The van der Waals surface area contributed by atoms with E-state index in [0.717, 1.165) is 16.3 Å². The van der Waals surface area contributed by atoms with Crippen LogP contribution >= 0.6 is 11.6 Å². The molecule has 1 atom stereocenters. The van der Waals surface area contributed by atoms with Crippen LogP contribution in [0.5, 0.6) is 0 Å². The minimum Gasteiger partial charge on any atom is -0.481 e. The minimum absolute atomic E-state index is 0.539. The van der Waals surface area contributed by atoms with Gasteiger partial charge in [-0.3, -0.25) is 4.79 Å². The lowest BCUT2D eigenvalue weighted by molar-refractivity contribution is -0.138. The first-order chi connectivity index (χ1) is 9.06. The second-order valence-electron chi connectivity index (χ2n) is 4.51. The van der Waals surface area contributed by atoms with E-state index in [-0.39, 0.29) is 0 Å². The van der Waals surface area contributed by atoms with Crippen molar-refractivity contribution in [2.24, 2.45) is 0 Å². The first-order valence-electron chi connectivity index (χ1n) is 5.87. The van der Waals surface area contributed by atoms with Gasteiger partial charge < -0.3 is 10.1 Å². The molecule has 0 radical (unpaired) electrons. The molecule has 0 saturated heterocycles. The predicted molar refractivity (Wildman–Crippen MR) is 74.7 cm³/mol. The highest BCUT2D eigenvalue weighted by Crippen LogP contribution is 2.28. The number of carbonyl (C=O) groups is 1. The Morgan fingerprint density at radius 1 is 1.32 bits per heavy atom. The van der Waals surface area contributed by atoms with Crippen LogP contribution in [0.3, 0.4) is 0 Å². The number of hydrogen-bond donors (Lipinski definition) is 2. The summed E-state index contributed by atoms with van der Waals surface area (Å²) in [6.07, 6.45) is 0. The summed E-state index contributed by atoms with van der Waals surface area (Å²) in [7, 11) is 0. The maximum Gasteiger partial charge on any atom is 0.312 e. The number of halogens is 1. The van der Waals surface area contributed by atoms with Crippen molar-refractivity contribution in [2.75, 3.05) is 0 Å².